The third-order valence-corrected chi connectivity index (χ3v) is 6.05. The SMILES string of the molecule is C.O=C(N[C@@H]1CCC[C@@H]1O)c1cc(-c2cnn3cc(-c4cn[nH]c4)cnc23)cs1. The van der Waals surface area contributed by atoms with Crippen LogP contribution < -0.4 is 5.32 Å². The Hall–Kier alpha value is -3.04. The number of aromatic amines is 1. The van der Waals surface area contributed by atoms with Crippen LogP contribution in [0.4, 0.5) is 0 Å². The van der Waals surface area contributed by atoms with Crippen LogP contribution in [-0.2, 0) is 0 Å². The molecule has 4 heterocycles. The second-order valence-electron chi connectivity index (χ2n) is 6.93. The molecule has 4 aromatic heterocycles. The first-order valence-electron chi connectivity index (χ1n) is 9.09. The van der Waals surface area contributed by atoms with Crippen LogP contribution in [0, 0.1) is 0 Å². The number of nitrogens with zero attached hydrogens (tertiary/aromatic N) is 4. The summed E-state index contributed by atoms with van der Waals surface area (Å²) in [5.41, 5.74) is 4.35. The quantitative estimate of drug-likeness (QED) is 0.479. The number of rotatable bonds is 4. The van der Waals surface area contributed by atoms with Crippen LogP contribution in [0.25, 0.3) is 27.9 Å². The monoisotopic (exact) mass is 410 g/mol. The first-order chi connectivity index (χ1) is 13.7. The van der Waals surface area contributed by atoms with Crippen molar-refractivity contribution in [3.8, 4) is 22.3 Å². The number of aromatic nitrogens is 5. The normalized spacial score (nSPS) is 18.7. The van der Waals surface area contributed by atoms with Crippen molar-refractivity contribution < 1.29 is 9.90 Å². The molecule has 2 atom stereocenters. The molecule has 0 spiro atoms. The first kappa shape index (κ1) is 19.3. The summed E-state index contributed by atoms with van der Waals surface area (Å²) in [6.07, 6.45) is 11.0. The zero-order valence-electron chi connectivity index (χ0n) is 14.9. The molecule has 3 N–H and O–H groups in total. The van der Waals surface area contributed by atoms with Crippen molar-refractivity contribution in [2.24, 2.45) is 0 Å². The summed E-state index contributed by atoms with van der Waals surface area (Å²) in [7, 11) is 0. The van der Waals surface area contributed by atoms with Crippen LogP contribution in [0.5, 0.6) is 0 Å². The van der Waals surface area contributed by atoms with Gasteiger partial charge in [0.25, 0.3) is 5.91 Å². The summed E-state index contributed by atoms with van der Waals surface area (Å²) in [6, 6.07) is 1.70. The van der Waals surface area contributed by atoms with E-state index in [-0.39, 0.29) is 19.4 Å². The lowest BCUT2D eigenvalue weighted by Crippen LogP contribution is -2.39. The number of carbonyl (C=O) groups excluding carboxylic acids is 1. The Bertz CT molecular complexity index is 1130. The molecule has 9 heteroatoms. The number of thiophene rings is 1. The van der Waals surface area contributed by atoms with E-state index < -0.39 is 6.10 Å². The molecule has 8 nitrogen and oxygen atoms in total. The minimum atomic E-state index is -0.448. The average Bonchev–Trinajstić information content (AvgIpc) is 3.48. The van der Waals surface area contributed by atoms with Crippen molar-refractivity contribution in [3.05, 3.63) is 47.3 Å². The molecule has 0 unspecified atom stereocenters. The van der Waals surface area contributed by atoms with E-state index in [1.807, 2.05) is 17.6 Å². The molecule has 1 saturated carbocycles. The topological polar surface area (TPSA) is 108 Å². The van der Waals surface area contributed by atoms with E-state index in [1.54, 1.807) is 29.3 Å². The maximum absolute atomic E-state index is 12.5. The number of amides is 1. The molecule has 0 saturated heterocycles. The fraction of sp³-hybridized carbons (Fsp3) is 0.300. The van der Waals surface area contributed by atoms with Crippen LogP contribution in [-0.4, -0.2) is 48.0 Å². The summed E-state index contributed by atoms with van der Waals surface area (Å²) in [5.74, 6) is -0.145. The van der Waals surface area contributed by atoms with E-state index >= 15 is 0 Å². The average molecular weight is 411 g/mol. The zero-order chi connectivity index (χ0) is 19.1. The van der Waals surface area contributed by atoms with E-state index in [1.165, 1.54) is 11.3 Å². The molecular formula is C20H22N6O2S. The number of fused-ring (bicyclic) bond motifs is 1. The fourth-order valence-corrected chi connectivity index (χ4v) is 4.39. The lowest BCUT2D eigenvalue weighted by Gasteiger charge is -2.15. The molecule has 1 amide bonds. The molecular weight excluding hydrogens is 388 g/mol. The zero-order valence-corrected chi connectivity index (χ0v) is 15.7. The van der Waals surface area contributed by atoms with Gasteiger partial charge in [-0.2, -0.15) is 10.2 Å². The Morgan fingerprint density at radius 3 is 2.90 bits per heavy atom. The highest BCUT2D eigenvalue weighted by Gasteiger charge is 2.27. The minimum Gasteiger partial charge on any atom is -0.391 e. The number of carbonyl (C=O) groups is 1. The maximum atomic E-state index is 12.5. The van der Waals surface area contributed by atoms with Crippen LogP contribution in [0.1, 0.15) is 36.4 Å². The Labute approximate surface area is 171 Å². The summed E-state index contributed by atoms with van der Waals surface area (Å²) < 4.78 is 1.73. The first-order valence-corrected chi connectivity index (χ1v) is 9.97. The van der Waals surface area contributed by atoms with Crippen LogP contribution in [0.3, 0.4) is 0 Å². The maximum Gasteiger partial charge on any atom is 0.261 e. The summed E-state index contributed by atoms with van der Waals surface area (Å²) in [6.45, 7) is 0. The second kappa shape index (κ2) is 7.76. The molecule has 0 aliphatic heterocycles. The molecule has 0 aromatic carbocycles. The Morgan fingerprint density at radius 2 is 2.14 bits per heavy atom. The summed E-state index contributed by atoms with van der Waals surface area (Å²) in [4.78, 5) is 17.7. The van der Waals surface area contributed by atoms with E-state index in [2.05, 4.69) is 25.6 Å². The van der Waals surface area contributed by atoms with E-state index in [0.717, 1.165) is 47.2 Å². The van der Waals surface area contributed by atoms with Crippen LogP contribution >= 0.6 is 11.3 Å². The van der Waals surface area contributed by atoms with Gasteiger partial charge in [0.15, 0.2) is 5.65 Å². The highest BCUT2D eigenvalue weighted by molar-refractivity contribution is 7.12. The highest BCUT2D eigenvalue weighted by Crippen LogP contribution is 2.29. The second-order valence-corrected chi connectivity index (χ2v) is 7.85. The number of H-pyrrole nitrogens is 1. The highest BCUT2D eigenvalue weighted by atomic mass is 32.1. The van der Waals surface area contributed by atoms with Gasteiger partial charge in [0, 0.05) is 35.3 Å². The predicted octanol–water partition coefficient (Wildman–Crippen LogP) is 3.13. The van der Waals surface area contributed by atoms with Crippen molar-refractivity contribution in [1.29, 1.82) is 0 Å². The molecule has 0 radical (unpaired) electrons. The lowest BCUT2D eigenvalue weighted by atomic mass is 10.1. The van der Waals surface area contributed by atoms with Gasteiger partial charge in [0.1, 0.15) is 0 Å². The van der Waals surface area contributed by atoms with Crippen molar-refractivity contribution in [3.63, 3.8) is 0 Å². The molecule has 1 aliphatic rings. The molecule has 1 fully saturated rings. The van der Waals surface area contributed by atoms with Crippen LogP contribution in [0.15, 0.2) is 42.4 Å². The lowest BCUT2D eigenvalue weighted by molar-refractivity contribution is 0.0877. The van der Waals surface area contributed by atoms with Crippen molar-refractivity contribution in [1.82, 2.24) is 30.1 Å². The van der Waals surface area contributed by atoms with Gasteiger partial charge in [-0.25, -0.2) is 9.50 Å². The fourth-order valence-electron chi connectivity index (χ4n) is 3.58. The van der Waals surface area contributed by atoms with Crippen LogP contribution in [0.2, 0.25) is 0 Å². The van der Waals surface area contributed by atoms with Gasteiger partial charge in [0.05, 0.1) is 29.4 Å². The Kier molecular flexibility index (Phi) is 5.16. The minimum absolute atomic E-state index is 0. The number of aliphatic hydroxyl groups excluding tert-OH is 1. The molecule has 4 aromatic rings. The number of hydrogen-bond donors (Lipinski definition) is 3. The molecule has 29 heavy (non-hydrogen) atoms. The van der Waals surface area contributed by atoms with Crippen molar-refractivity contribution >= 4 is 22.9 Å². The third-order valence-electron chi connectivity index (χ3n) is 5.12. The van der Waals surface area contributed by atoms with E-state index in [9.17, 15) is 9.90 Å². The van der Waals surface area contributed by atoms with Gasteiger partial charge in [-0.3, -0.25) is 9.89 Å². The van der Waals surface area contributed by atoms with E-state index in [4.69, 9.17) is 0 Å². The smallest absolute Gasteiger partial charge is 0.261 e. The Morgan fingerprint density at radius 1 is 1.24 bits per heavy atom. The number of nitrogens with one attached hydrogen (secondary N) is 2. The molecule has 0 bridgehead atoms. The van der Waals surface area contributed by atoms with Crippen molar-refractivity contribution in [2.45, 2.75) is 38.8 Å². The van der Waals surface area contributed by atoms with Gasteiger partial charge in [-0.05, 0) is 36.3 Å². The Balaban J connectivity index is 0.00000205. The van der Waals surface area contributed by atoms with Gasteiger partial charge < -0.3 is 10.4 Å². The van der Waals surface area contributed by atoms with Gasteiger partial charge >= 0.3 is 0 Å². The summed E-state index contributed by atoms with van der Waals surface area (Å²) >= 11 is 1.38. The molecule has 5 rings (SSSR count). The third kappa shape index (κ3) is 3.54. The van der Waals surface area contributed by atoms with Crippen molar-refractivity contribution in [2.75, 3.05) is 0 Å². The predicted molar refractivity (Wildman–Crippen MR) is 112 cm³/mol. The molecule has 150 valence electrons. The van der Waals surface area contributed by atoms with Gasteiger partial charge in [0.2, 0.25) is 0 Å². The van der Waals surface area contributed by atoms with Gasteiger partial charge in [-0.1, -0.05) is 7.43 Å². The summed E-state index contributed by atoms with van der Waals surface area (Å²) in [5, 5.41) is 25.9. The largest absolute Gasteiger partial charge is 0.391 e. The van der Waals surface area contributed by atoms with E-state index in [0.29, 0.717) is 4.88 Å². The van der Waals surface area contributed by atoms with Gasteiger partial charge in [-0.15, -0.1) is 11.3 Å². The molecule has 1 aliphatic carbocycles. The standard InChI is InChI=1S/C19H18N6O2S.CH4/c26-16-3-1-2-15(16)24-19(27)17-4-11(10-28-17)14-8-23-25-9-13(5-20-18(14)25)12-6-21-22-7-12;/h4-10,15-16,26H,1-3H2,(H,21,22)(H,24,27);1H4/t15-,16+;/m1./s1. The number of aliphatic hydroxyl groups is 1. The number of hydrogen-bond acceptors (Lipinski definition) is 6.